The van der Waals surface area contributed by atoms with Crippen molar-refractivity contribution in [2.75, 3.05) is 7.11 Å². The lowest BCUT2D eigenvalue weighted by Gasteiger charge is -2.22. The van der Waals surface area contributed by atoms with Crippen molar-refractivity contribution in [3.05, 3.63) is 59.9 Å². The number of amides is 1. The summed E-state index contributed by atoms with van der Waals surface area (Å²) in [6.07, 6.45) is 6.85. The highest BCUT2D eigenvalue weighted by molar-refractivity contribution is 5.83. The number of hydrogen-bond donors (Lipinski definition) is 0. The first-order valence-corrected chi connectivity index (χ1v) is 8.59. The summed E-state index contributed by atoms with van der Waals surface area (Å²) in [5.74, 6) is 1.66. The van der Waals surface area contributed by atoms with Crippen LogP contribution in [0.15, 0.2) is 48.8 Å². The van der Waals surface area contributed by atoms with Gasteiger partial charge >= 0.3 is 0 Å². The molecule has 4 heteroatoms. The summed E-state index contributed by atoms with van der Waals surface area (Å²) < 4.78 is 5.21. The third-order valence-corrected chi connectivity index (χ3v) is 5.00. The number of carbonyl (C=O) groups is 1. The van der Waals surface area contributed by atoms with Crippen molar-refractivity contribution >= 4 is 5.91 Å². The maximum Gasteiger partial charge on any atom is 0.226 e. The van der Waals surface area contributed by atoms with Crippen LogP contribution in [-0.4, -0.2) is 28.9 Å². The minimum absolute atomic E-state index is 0.135. The topological polar surface area (TPSA) is 42.4 Å². The van der Waals surface area contributed by atoms with Crippen LogP contribution in [0.1, 0.15) is 36.3 Å². The molecule has 24 heavy (non-hydrogen) atoms. The first kappa shape index (κ1) is 15.2. The Morgan fingerprint density at radius 2 is 2.04 bits per heavy atom. The fourth-order valence-electron chi connectivity index (χ4n) is 3.36. The van der Waals surface area contributed by atoms with Crippen molar-refractivity contribution in [1.29, 1.82) is 0 Å². The molecule has 1 heterocycles. The van der Waals surface area contributed by atoms with E-state index in [-0.39, 0.29) is 5.92 Å². The Morgan fingerprint density at radius 3 is 2.67 bits per heavy atom. The number of methoxy groups -OCH3 is 1. The van der Waals surface area contributed by atoms with Gasteiger partial charge in [0.1, 0.15) is 5.75 Å². The van der Waals surface area contributed by atoms with Crippen LogP contribution in [0, 0.1) is 5.92 Å². The third kappa shape index (κ3) is 3.14. The molecule has 4 nitrogen and oxygen atoms in total. The molecule has 124 valence electrons. The smallest absolute Gasteiger partial charge is 0.226 e. The minimum Gasteiger partial charge on any atom is -0.497 e. The van der Waals surface area contributed by atoms with Gasteiger partial charge in [-0.2, -0.15) is 0 Å². The van der Waals surface area contributed by atoms with Crippen LogP contribution >= 0.6 is 0 Å². The van der Waals surface area contributed by atoms with Gasteiger partial charge < -0.3 is 9.64 Å². The number of ether oxygens (including phenoxy) is 1. The lowest BCUT2D eigenvalue weighted by atomic mass is 10.1. The molecule has 0 N–H and O–H groups in total. The monoisotopic (exact) mass is 322 g/mol. The molecule has 2 atom stereocenters. The van der Waals surface area contributed by atoms with Crippen molar-refractivity contribution in [2.24, 2.45) is 5.92 Å². The van der Waals surface area contributed by atoms with Gasteiger partial charge in [-0.15, -0.1) is 0 Å². The maximum absolute atomic E-state index is 13.0. The predicted molar refractivity (Wildman–Crippen MR) is 91.7 cm³/mol. The van der Waals surface area contributed by atoms with E-state index in [4.69, 9.17) is 4.74 Å². The number of hydrogen-bond acceptors (Lipinski definition) is 3. The van der Waals surface area contributed by atoms with E-state index in [9.17, 15) is 4.79 Å². The molecule has 2 aromatic rings. The van der Waals surface area contributed by atoms with Gasteiger partial charge in [-0.1, -0.05) is 18.2 Å². The third-order valence-electron chi connectivity index (χ3n) is 5.00. The summed E-state index contributed by atoms with van der Waals surface area (Å²) in [5, 5.41) is 0. The summed E-state index contributed by atoms with van der Waals surface area (Å²) in [7, 11) is 1.67. The highest BCUT2D eigenvalue weighted by Crippen LogP contribution is 2.49. The molecule has 0 bridgehead atoms. The first-order chi connectivity index (χ1) is 11.8. The van der Waals surface area contributed by atoms with E-state index in [1.165, 1.54) is 5.56 Å². The number of nitrogens with zero attached hydrogens (tertiary/aromatic N) is 2. The van der Waals surface area contributed by atoms with E-state index in [0.29, 0.717) is 24.4 Å². The minimum atomic E-state index is 0.135. The SMILES string of the molecule is COc1ccc(C2CC2C(=O)N(Cc2cccnc2)C2CC2)cc1. The van der Waals surface area contributed by atoms with Crippen LogP contribution < -0.4 is 4.74 Å². The summed E-state index contributed by atoms with van der Waals surface area (Å²) in [4.78, 5) is 19.2. The van der Waals surface area contributed by atoms with Gasteiger partial charge in [0.2, 0.25) is 5.91 Å². The zero-order chi connectivity index (χ0) is 16.5. The van der Waals surface area contributed by atoms with Gasteiger partial charge in [-0.05, 0) is 54.5 Å². The summed E-state index contributed by atoms with van der Waals surface area (Å²) in [6.45, 7) is 0.684. The fourth-order valence-corrected chi connectivity index (χ4v) is 3.36. The molecular formula is C20H22N2O2. The second-order valence-electron chi connectivity index (χ2n) is 6.78. The quantitative estimate of drug-likeness (QED) is 0.819. The zero-order valence-corrected chi connectivity index (χ0v) is 13.9. The van der Waals surface area contributed by atoms with Crippen molar-refractivity contribution in [3.63, 3.8) is 0 Å². The molecule has 1 amide bonds. The van der Waals surface area contributed by atoms with Crippen LogP contribution in [0.25, 0.3) is 0 Å². The van der Waals surface area contributed by atoms with Gasteiger partial charge in [0, 0.05) is 30.9 Å². The van der Waals surface area contributed by atoms with Gasteiger partial charge in [0.05, 0.1) is 7.11 Å². The molecule has 0 aliphatic heterocycles. The average Bonchev–Trinajstić information content (AvgIpc) is 3.53. The van der Waals surface area contributed by atoms with Crippen LogP contribution in [-0.2, 0) is 11.3 Å². The van der Waals surface area contributed by atoms with E-state index in [2.05, 4.69) is 22.0 Å². The molecule has 2 aliphatic rings. The first-order valence-electron chi connectivity index (χ1n) is 8.59. The Bertz CT molecular complexity index is 710. The lowest BCUT2D eigenvalue weighted by molar-refractivity contribution is -0.133. The van der Waals surface area contributed by atoms with Gasteiger partial charge in [0.25, 0.3) is 0 Å². The fraction of sp³-hybridized carbons (Fsp3) is 0.400. The zero-order valence-electron chi connectivity index (χ0n) is 13.9. The highest BCUT2D eigenvalue weighted by atomic mass is 16.5. The molecule has 0 spiro atoms. The summed E-state index contributed by atoms with van der Waals surface area (Å²) >= 11 is 0. The molecule has 2 saturated carbocycles. The Morgan fingerprint density at radius 1 is 1.25 bits per heavy atom. The summed E-state index contributed by atoms with van der Waals surface area (Å²) in [6, 6.07) is 12.5. The Kier molecular flexibility index (Phi) is 3.97. The second-order valence-corrected chi connectivity index (χ2v) is 6.78. The van der Waals surface area contributed by atoms with Crippen LogP contribution in [0.5, 0.6) is 5.75 Å². The number of carbonyl (C=O) groups excluding carboxylic acids is 1. The maximum atomic E-state index is 13.0. The van der Waals surface area contributed by atoms with Gasteiger partial charge in [-0.25, -0.2) is 0 Å². The Hall–Kier alpha value is -2.36. The van der Waals surface area contributed by atoms with Crippen LogP contribution in [0.4, 0.5) is 0 Å². The van der Waals surface area contributed by atoms with E-state index in [1.807, 2.05) is 30.5 Å². The van der Waals surface area contributed by atoms with Crippen molar-refractivity contribution in [3.8, 4) is 5.75 Å². The number of aromatic nitrogens is 1. The van der Waals surface area contributed by atoms with E-state index in [1.54, 1.807) is 13.3 Å². The molecule has 2 unspecified atom stereocenters. The van der Waals surface area contributed by atoms with E-state index >= 15 is 0 Å². The lowest BCUT2D eigenvalue weighted by Crippen LogP contribution is -2.34. The standard InChI is InChI=1S/C20H22N2O2/c1-24-17-8-4-15(5-9-17)18-11-19(18)20(23)22(16-6-7-16)13-14-3-2-10-21-12-14/h2-5,8-10,12,16,18-19H,6-7,11,13H2,1H3. The molecule has 2 aliphatic carbocycles. The molecule has 0 saturated heterocycles. The normalized spacial score (nSPS) is 22.0. The summed E-state index contributed by atoms with van der Waals surface area (Å²) in [5.41, 5.74) is 2.35. The number of benzene rings is 1. The molecule has 1 aromatic carbocycles. The van der Waals surface area contributed by atoms with Crippen LogP contribution in [0.2, 0.25) is 0 Å². The van der Waals surface area contributed by atoms with Crippen molar-refractivity contribution in [1.82, 2.24) is 9.88 Å². The molecular weight excluding hydrogens is 300 g/mol. The molecule has 1 aromatic heterocycles. The van der Waals surface area contributed by atoms with Crippen LogP contribution in [0.3, 0.4) is 0 Å². The van der Waals surface area contributed by atoms with E-state index in [0.717, 1.165) is 30.6 Å². The number of pyridine rings is 1. The molecule has 4 rings (SSSR count). The van der Waals surface area contributed by atoms with E-state index < -0.39 is 0 Å². The van der Waals surface area contributed by atoms with Gasteiger partial charge in [-0.3, -0.25) is 9.78 Å². The average molecular weight is 322 g/mol. The Balaban J connectivity index is 1.44. The van der Waals surface area contributed by atoms with Gasteiger partial charge in [0.15, 0.2) is 0 Å². The second kappa shape index (κ2) is 6.27. The molecule has 2 fully saturated rings. The largest absolute Gasteiger partial charge is 0.497 e. The predicted octanol–water partition coefficient (Wildman–Crippen LogP) is 3.38. The Labute approximate surface area is 142 Å². The highest BCUT2D eigenvalue weighted by Gasteiger charge is 2.48. The van der Waals surface area contributed by atoms with Crippen molar-refractivity contribution < 1.29 is 9.53 Å². The number of rotatable bonds is 6. The van der Waals surface area contributed by atoms with Crippen molar-refractivity contribution in [2.45, 2.75) is 37.8 Å². The molecule has 0 radical (unpaired) electrons.